The van der Waals surface area contributed by atoms with Gasteiger partial charge < -0.3 is 5.32 Å². The molecular weight excluding hydrogens is 336 g/mol. The molecule has 0 saturated carbocycles. The first-order chi connectivity index (χ1) is 7.63. The zero-order chi connectivity index (χ0) is 12.0. The van der Waals surface area contributed by atoms with Crippen molar-refractivity contribution in [2.24, 2.45) is 0 Å². The Morgan fingerprint density at radius 2 is 2.25 bits per heavy atom. The van der Waals surface area contributed by atoms with Crippen LogP contribution in [0.5, 0.6) is 0 Å². The molecule has 0 aliphatic carbocycles. The number of hydrogen-bond donors (Lipinski definition) is 1. The number of carbonyl (C=O) groups is 1. The second kappa shape index (κ2) is 7.01. The van der Waals surface area contributed by atoms with Crippen LogP contribution in [-0.2, 0) is 4.79 Å². The zero-order valence-electron chi connectivity index (χ0n) is 9.09. The average molecular weight is 350 g/mol. The molecule has 0 fully saturated rings. The lowest BCUT2D eigenvalue weighted by Crippen LogP contribution is -2.11. The topological polar surface area (TPSA) is 42.0 Å². The highest BCUT2D eigenvalue weighted by Crippen LogP contribution is 2.16. The van der Waals surface area contributed by atoms with Gasteiger partial charge in [-0.25, -0.2) is 4.98 Å². The molecule has 0 bridgehead atoms. The minimum atomic E-state index is 0.0458. The number of unbranched alkanes of at least 4 members (excludes halogenated alkanes) is 1. The van der Waals surface area contributed by atoms with Crippen molar-refractivity contribution in [3.8, 4) is 0 Å². The molecule has 0 aromatic carbocycles. The zero-order valence-corrected chi connectivity index (χ0v) is 12.3. The van der Waals surface area contributed by atoms with Crippen molar-refractivity contribution in [2.45, 2.75) is 26.2 Å². The summed E-state index contributed by atoms with van der Waals surface area (Å²) in [5.41, 5.74) is 1.77. The first-order valence-corrected chi connectivity index (χ1v) is 7.03. The number of nitrogens with zero attached hydrogens (tertiary/aromatic N) is 1. The van der Waals surface area contributed by atoms with E-state index >= 15 is 0 Å². The summed E-state index contributed by atoms with van der Waals surface area (Å²) in [5, 5.41) is 3.77. The van der Waals surface area contributed by atoms with Crippen molar-refractivity contribution in [3.05, 3.63) is 22.4 Å². The average Bonchev–Trinajstić information content (AvgIpc) is 2.24. The van der Waals surface area contributed by atoms with E-state index in [0.717, 1.165) is 34.0 Å². The van der Waals surface area contributed by atoms with Gasteiger partial charge in [0.1, 0.15) is 4.60 Å². The Bertz CT molecular complexity index is 369. The molecule has 1 aromatic rings. The number of amides is 1. The summed E-state index contributed by atoms with van der Waals surface area (Å²) in [5.74, 6) is 0.0458. The maximum Gasteiger partial charge on any atom is 0.224 e. The Morgan fingerprint density at radius 3 is 2.88 bits per heavy atom. The first kappa shape index (κ1) is 13.6. The van der Waals surface area contributed by atoms with Gasteiger partial charge in [-0.15, -0.1) is 0 Å². The van der Waals surface area contributed by atoms with Crippen LogP contribution in [-0.4, -0.2) is 16.2 Å². The van der Waals surface area contributed by atoms with Crippen LogP contribution in [0.2, 0.25) is 0 Å². The molecule has 3 nitrogen and oxygen atoms in total. The van der Waals surface area contributed by atoms with Gasteiger partial charge in [-0.2, -0.15) is 0 Å². The van der Waals surface area contributed by atoms with Gasteiger partial charge in [0.25, 0.3) is 0 Å². The van der Waals surface area contributed by atoms with E-state index in [4.69, 9.17) is 0 Å². The summed E-state index contributed by atoms with van der Waals surface area (Å²) < 4.78 is 0.810. The van der Waals surface area contributed by atoms with E-state index < -0.39 is 0 Å². The van der Waals surface area contributed by atoms with Gasteiger partial charge in [-0.1, -0.05) is 15.9 Å². The van der Waals surface area contributed by atoms with Crippen molar-refractivity contribution in [1.82, 2.24) is 4.98 Å². The van der Waals surface area contributed by atoms with Crippen LogP contribution in [0.4, 0.5) is 5.69 Å². The highest BCUT2D eigenvalue weighted by atomic mass is 79.9. The van der Waals surface area contributed by atoms with Crippen LogP contribution in [0.25, 0.3) is 0 Å². The van der Waals surface area contributed by atoms with Crippen LogP contribution in [0.3, 0.4) is 0 Å². The second-order valence-corrected chi connectivity index (χ2v) is 5.07. The third kappa shape index (κ3) is 4.61. The minimum absolute atomic E-state index is 0.0458. The molecule has 1 amide bonds. The lowest BCUT2D eigenvalue weighted by Gasteiger charge is -2.06. The van der Waals surface area contributed by atoms with Crippen molar-refractivity contribution >= 4 is 43.5 Å². The maximum absolute atomic E-state index is 11.5. The van der Waals surface area contributed by atoms with E-state index in [9.17, 15) is 4.79 Å². The summed E-state index contributed by atoms with van der Waals surface area (Å²) in [6.07, 6.45) is 4.13. The Morgan fingerprint density at radius 1 is 1.50 bits per heavy atom. The maximum atomic E-state index is 11.5. The van der Waals surface area contributed by atoms with Crippen LogP contribution in [0.15, 0.2) is 16.9 Å². The molecular formula is C11H14Br2N2O. The molecule has 0 aliphatic heterocycles. The molecule has 88 valence electrons. The molecule has 1 N–H and O–H groups in total. The molecule has 1 heterocycles. The summed E-state index contributed by atoms with van der Waals surface area (Å²) in [4.78, 5) is 15.6. The third-order valence-corrected chi connectivity index (χ3v) is 3.48. The second-order valence-electron chi connectivity index (χ2n) is 3.53. The summed E-state index contributed by atoms with van der Waals surface area (Å²) >= 11 is 6.65. The number of rotatable bonds is 5. The van der Waals surface area contributed by atoms with Gasteiger partial charge >= 0.3 is 0 Å². The predicted molar refractivity (Wildman–Crippen MR) is 72.9 cm³/mol. The number of hydrogen-bond acceptors (Lipinski definition) is 2. The van der Waals surface area contributed by atoms with Gasteiger partial charge in [-0.3, -0.25) is 4.79 Å². The molecule has 0 aliphatic rings. The van der Waals surface area contributed by atoms with E-state index in [1.165, 1.54) is 0 Å². The van der Waals surface area contributed by atoms with Gasteiger partial charge in [0.2, 0.25) is 5.91 Å². The molecule has 0 unspecified atom stereocenters. The van der Waals surface area contributed by atoms with Crippen molar-refractivity contribution < 1.29 is 4.79 Å². The van der Waals surface area contributed by atoms with E-state index in [2.05, 4.69) is 42.2 Å². The van der Waals surface area contributed by atoms with Crippen LogP contribution >= 0.6 is 31.9 Å². The smallest absolute Gasteiger partial charge is 0.224 e. The molecule has 16 heavy (non-hydrogen) atoms. The number of aryl methyl sites for hydroxylation is 1. The van der Waals surface area contributed by atoms with Gasteiger partial charge in [0.15, 0.2) is 0 Å². The van der Waals surface area contributed by atoms with Crippen LogP contribution < -0.4 is 5.32 Å². The summed E-state index contributed by atoms with van der Waals surface area (Å²) in [6.45, 7) is 1.94. The molecule has 1 rings (SSSR count). The number of aromatic nitrogens is 1. The Balaban J connectivity index is 2.46. The molecule has 0 atom stereocenters. The summed E-state index contributed by atoms with van der Waals surface area (Å²) in [6, 6.07) is 1.90. The largest absolute Gasteiger partial charge is 0.325 e. The van der Waals surface area contributed by atoms with Gasteiger partial charge in [0, 0.05) is 11.8 Å². The predicted octanol–water partition coefficient (Wildman–Crippen LogP) is 3.66. The fourth-order valence-electron chi connectivity index (χ4n) is 1.23. The molecule has 1 aromatic heterocycles. The van der Waals surface area contributed by atoms with Crippen molar-refractivity contribution in [1.29, 1.82) is 0 Å². The normalized spacial score (nSPS) is 10.2. The summed E-state index contributed by atoms with van der Waals surface area (Å²) in [7, 11) is 0. The molecule has 0 spiro atoms. The molecule has 0 saturated heterocycles. The van der Waals surface area contributed by atoms with Gasteiger partial charge in [0.05, 0.1) is 11.9 Å². The van der Waals surface area contributed by atoms with Crippen LogP contribution in [0.1, 0.15) is 24.8 Å². The van der Waals surface area contributed by atoms with E-state index in [1.807, 2.05) is 13.0 Å². The number of nitrogens with one attached hydrogen (secondary N) is 1. The van der Waals surface area contributed by atoms with Crippen molar-refractivity contribution in [3.63, 3.8) is 0 Å². The minimum Gasteiger partial charge on any atom is -0.325 e. The van der Waals surface area contributed by atoms with Gasteiger partial charge in [-0.05, 0) is 47.3 Å². The lowest BCUT2D eigenvalue weighted by molar-refractivity contribution is -0.116. The SMILES string of the molecule is Cc1cc(NC(=O)CCCCBr)cnc1Br. The monoisotopic (exact) mass is 348 g/mol. The van der Waals surface area contributed by atoms with E-state index in [-0.39, 0.29) is 5.91 Å². The standard InChI is InChI=1S/C11H14Br2N2O/c1-8-6-9(7-14-11(8)13)15-10(16)4-2-3-5-12/h6-7H,2-5H2,1H3,(H,15,16). The lowest BCUT2D eigenvalue weighted by atomic mass is 10.2. The third-order valence-electron chi connectivity index (χ3n) is 2.09. The highest BCUT2D eigenvalue weighted by Gasteiger charge is 2.03. The number of anilines is 1. The van der Waals surface area contributed by atoms with E-state index in [1.54, 1.807) is 6.20 Å². The highest BCUT2D eigenvalue weighted by molar-refractivity contribution is 9.10. The number of alkyl halides is 1. The Kier molecular flexibility index (Phi) is 5.98. The fourth-order valence-corrected chi connectivity index (χ4v) is 1.84. The molecule has 5 heteroatoms. The Labute approximate surface area is 112 Å². The quantitative estimate of drug-likeness (QED) is 0.500. The van der Waals surface area contributed by atoms with Crippen LogP contribution in [0, 0.1) is 6.92 Å². The first-order valence-electron chi connectivity index (χ1n) is 5.11. The Hall–Kier alpha value is -0.420. The number of halogens is 2. The molecule has 0 radical (unpaired) electrons. The van der Waals surface area contributed by atoms with E-state index in [0.29, 0.717) is 6.42 Å². The fraction of sp³-hybridized carbons (Fsp3) is 0.455. The number of pyridine rings is 1. The van der Waals surface area contributed by atoms with Crippen molar-refractivity contribution in [2.75, 3.05) is 10.6 Å². The number of carbonyl (C=O) groups excluding carboxylic acids is 1.